The number of hydrogen-bond donors (Lipinski definition) is 1. The maximum Gasteiger partial charge on any atom is 0.259 e. The topological polar surface area (TPSA) is 69.3 Å². The van der Waals surface area contributed by atoms with E-state index < -0.39 is 0 Å². The third kappa shape index (κ3) is 4.26. The lowest BCUT2D eigenvalue weighted by Crippen LogP contribution is -2.38. The molecule has 0 atom stereocenters. The van der Waals surface area contributed by atoms with E-state index in [2.05, 4.69) is 16.8 Å². The quantitative estimate of drug-likeness (QED) is 0.636. The number of hydrogen-bond acceptors (Lipinski definition) is 3. The highest BCUT2D eigenvalue weighted by atomic mass is 19.1. The lowest BCUT2D eigenvalue weighted by atomic mass is 10.1. The van der Waals surface area contributed by atoms with Gasteiger partial charge in [0, 0.05) is 41.7 Å². The van der Waals surface area contributed by atoms with Gasteiger partial charge in [0.05, 0.1) is 5.69 Å². The van der Waals surface area contributed by atoms with Gasteiger partial charge in [-0.1, -0.05) is 24.8 Å². The summed E-state index contributed by atoms with van der Waals surface area (Å²) in [6, 6.07) is 15.4. The summed E-state index contributed by atoms with van der Waals surface area (Å²) in [5, 5.41) is 7.26. The molecule has 0 saturated carbocycles. The molecule has 1 aromatic heterocycles. The Morgan fingerprint density at radius 2 is 1.87 bits per heavy atom. The number of aromatic nitrogens is 2. The number of aryl methyl sites for hydroxylation is 1. The van der Waals surface area contributed by atoms with E-state index in [-0.39, 0.29) is 24.2 Å². The molecule has 0 saturated heterocycles. The maximum atomic E-state index is 13.1. The summed E-state index contributed by atoms with van der Waals surface area (Å²) in [5.74, 6) is -0.609. The van der Waals surface area contributed by atoms with Crippen molar-refractivity contribution in [1.29, 1.82) is 0 Å². The second-order valence-corrected chi connectivity index (χ2v) is 7.59. The monoisotopic (exact) mass is 418 g/mol. The molecule has 31 heavy (non-hydrogen) atoms. The smallest absolute Gasteiger partial charge is 0.259 e. The molecular formula is C24H23FN4O2. The molecular weight excluding hydrogens is 395 g/mol. The number of nitrogens with zero attached hydrogens (tertiary/aromatic N) is 3. The van der Waals surface area contributed by atoms with Gasteiger partial charge in [0.1, 0.15) is 12.4 Å². The molecule has 0 fully saturated rings. The Balaban J connectivity index is 1.28. The van der Waals surface area contributed by atoms with Gasteiger partial charge in [-0.05, 0) is 49.2 Å². The molecule has 2 aromatic carbocycles. The van der Waals surface area contributed by atoms with Crippen molar-refractivity contribution in [2.75, 3.05) is 20.1 Å². The first-order valence-electron chi connectivity index (χ1n) is 10.1. The second kappa shape index (κ2) is 8.55. The number of aromatic amines is 1. The normalized spacial score (nSPS) is 12.9. The zero-order valence-corrected chi connectivity index (χ0v) is 17.3. The predicted octanol–water partition coefficient (Wildman–Crippen LogP) is 3.73. The number of halogens is 1. The molecule has 2 heterocycles. The largest absolute Gasteiger partial charge is 0.344 e. The van der Waals surface area contributed by atoms with Crippen LogP contribution in [0.25, 0.3) is 17.0 Å². The molecule has 7 heteroatoms. The molecule has 1 N–H and O–H groups in total. The molecule has 0 aliphatic carbocycles. The first-order valence-corrected chi connectivity index (χ1v) is 10.1. The van der Waals surface area contributed by atoms with Crippen LogP contribution in [-0.4, -0.2) is 51.9 Å². The van der Waals surface area contributed by atoms with E-state index in [0.29, 0.717) is 24.2 Å². The molecule has 0 unspecified atom stereocenters. The number of likely N-dealkylation sites (N-methyl/N-ethyl adjacent to an activating group) is 1. The van der Waals surface area contributed by atoms with Crippen LogP contribution < -0.4 is 0 Å². The van der Waals surface area contributed by atoms with Crippen molar-refractivity contribution < 1.29 is 14.0 Å². The van der Waals surface area contributed by atoms with E-state index in [1.165, 1.54) is 17.0 Å². The van der Waals surface area contributed by atoms with Gasteiger partial charge < -0.3 is 4.90 Å². The Kier molecular flexibility index (Phi) is 5.66. The number of carbonyl (C=O) groups excluding carboxylic acids is 2. The number of rotatable bonds is 7. The van der Waals surface area contributed by atoms with Crippen LogP contribution in [0.15, 0.2) is 61.2 Å². The van der Waals surface area contributed by atoms with Crippen molar-refractivity contribution in [3.8, 4) is 11.3 Å². The fourth-order valence-electron chi connectivity index (χ4n) is 3.65. The Hall–Kier alpha value is -3.74. The van der Waals surface area contributed by atoms with Crippen molar-refractivity contribution in [2.24, 2.45) is 0 Å². The summed E-state index contributed by atoms with van der Waals surface area (Å²) in [4.78, 5) is 28.3. The van der Waals surface area contributed by atoms with Crippen LogP contribution in [0.2, 0.25) is 0 Å². The van der Waals surface area contributed by atoms with E-state index in [9.17, 15) is 14.0 Å². The Morgan fingerprint density at radius 1 is 1.16 bits per heavy atom. The number of amides is 2. The molecule has 6 nitrogen and oxygen atoms in total. The molecule has 2 amide bonds. The van der Waals surface area contributed by atoms with Crippen LogP contribution in [-0.2, 0) is 11.2 Å². The van der Waals surface area contributed by atoms with Crippen molar-refractivity contribution in [1.82, 2.24) is 20.0 Å². The predicted molar refractivity (Wildman–Crippen MR) is 116 cm³/mol. The number of carbonyl (C=O) groups is 2. The molecule has 158 valence electrons. The Labute approximate surface area is 180 Å². The Morgan fingerprint density at radius 3 is 2.58 bits per heavy atom. The minimum atomic E-state index is -0.282. The molecule has 4 rings (SSSR count). The lowest BCUT2D eigenvalue weighted by molar-refractivity contribution is -0.130. The molecule has 1 aliphatic heterocycles. The van der Waals surface area contributed by atoms with Crippen LogP contribution in [0.5, 0.6) is 0 Å². The number of benzene rings is 2. The van der Waals surface area contributed by atoms with Crippen molar-refractivity contribution in [3.63, 3.8) is 0 Å². The minimum Gasteiger partial charge on any atom is -0.344 e. The SMILES string of the molecule is C=C1c2ccccc2C(=O)N1CC(=O)N(C)CCCc1cc(-c2ccc(F)cc2)n[nH]1. The van der Waals surface area contributed by atoms with Crippen LogP contribution in [0.3, 0.4) is 0 Å². The standard InChI is InChI=1S/C24H23FN4O2/c1-16-20-7-3-4-8-21(20)24(31)29(16)15-23(30)28(2)13-5-6-19-14-22(27-26-19)17-9-11-18(25)12-10-17/h3-4,7-12,14H,1,5-6,13,15H2,2H3,(H,26,27). The zero-order chi connectivity index (χ0) is 22.0. The summed E-state index contributed by atoms with van der Waals surface area (Å²) < 4.78 is 13.1. The maximum absolute atomic E-state index is 13.1. The minimum absolute atomic E-state index is 0.0262. The molecule has 0 spiro atoms. The van der Waals surface area contributed by atoms with Gasteiger partial charge in [-0.15, -0.1) is 0 Å². The second-order valence-electron chi connectivity index (χ2n) is 7.59. The van der Waals surface area contributed by atoms with Crippen molar-refractivity contribution in [2.45, 2.75) is 12.8 Å². The third-order valence-corrected chi connectivity index (χ3v) is 5.47. The lowest BCUT2D eigenvalue weighted by Gasteiger charge is -2.22. The average Bonchev–Trinajstić information content (AvgIpc) is 3.33. The highest BCUT2D eigenvalue weighted by Crippen LogP contribution is 2.30. The van der Waals surface area contributed by atoms with E-state index in [4.69, 9.17) is 0 Å². The van der Waals surface area contributed by atoms with Gasteiger partial charge in [-0.2, -0.15) is 5.10 Å². The van der Waals surface area contributed by atoms with E-state index in [0.717, 1.165) is 28.9 Å². The molecule has 0 bridgehead atoms. The zero-order valence-electron chi connectivity index (χ0n) is 17.3. The highest BCUT2D eigenvalue weighted by Gasteiger charge is 2.32. The number of fused-ring (bicyclic) bond motifs is 1. The third-order valence-electron chi connectivity index (χ3n) is 5.47. The summed E-state index contributed by atoms with van der Waals surface area (Å²) in [5.41, 5.74) is 4.46. The molecule has 1 aliphatic rings. The summed E-state index contributed by atoms with van der Waals surface area (Å²) in [6.07, 6.45) is 1.45. The molecule has 3 aromatic rings. The van der Waals surface area contributed by atoms with Crippen LogP contribution in [0, 0.1) is 5.82 Å². The van der Waals surface area contributed by atoms with Gasteiger partial charge in [-0.3, -0.25) is 19.6 Å². The van der Waals surface area contributed by atoms with Gasteiger partial charge >= 0.3 is 0 Å². The summed E-state index contributed by atoms with van der Waals surface area (Å²) >= 11 is 0. The van der Waals surface area contributed by atoms with E-state index in [1.54, 1.807) is 36.2 Å². The number of H-pyrrole nitrogens is 1. The summed E-state index contributed by atoms with van der Waals surface area (Å²) in [6.45, 7) is 4.50. The van der Waals surface area contributed by atoms with Gasteiger partial charge in [0.25, 0.3) is 5.91 Å². The van der Waals surface area contributed by atoms with Crippen LogP contribution >= 0.6 is 0 Å². The van der Waals surface area contributed by atoms with Crippen LogP contribution in [0.1, 0.15) is 28.0 Å². The highest BCUT2D eigenvalue weighted by molar-refractivity contribution is 6.10. The Bertz CT molecular complexity index is 1100. The van der Waals surface area contributed by atoms with Gasteiger partial charge in [0.2, 0.25) is 5.91 Å². The van der Waals surface area contributed by atoms with Crippen molar-refractivity contribution >= 4 is 17.5 Å². The fourth-order valence-corrected chi connectivity index (χ4v) is 3.65. The van der Waals surface area contributed by atoms with E-state index >= 15 is 0 Å². The average molecular weight is 418 g/mol. The van der Waals surface area contributed by atoms with Gasteiger partial charge in [0.15, 0.2) is 0 Å². The first-order chi connectivity index (χ1) is 14.9. The van der Waals surface area contributed by atoms with Gasteiger partial charge in [-0.25, -0.2) is 4.39 Å². The first kappa shape index (κ1) is 20.5. The van der Waals surface area contributed by atoms with E-state index in [1.807, 2.05) is 18.2 Å². The van der Waals surface area contributed by atoms with Crippen LogP contribution in [0.4, 0.5) is 4.39 Å². The number of nitrogens with one attached hydrogen (secondary N) is 1. The molecule has 0 radical (unpaired) electrons. The van der Waals surface area contributed by atoms with Crippen molar-refractivity contribution in [3.05, 3.63) is 83.8 Å². The summed E-state index contributed by atoms with van der Waals surface area (Å²) in [7, 11) is 1.73. The fraction of sp³-hybridized carbons (Fsp3) is 0.208.